The number of aliphatic carboxylic acids is 1. The highest BCUT2D eigenvalue weighted by atomic mass is 16.4. The van der Waals surface area contributed by atoms with Gasteiger partial charge in [-0.25, -0.2) is 4.79 Å². The molecule has 3 rings (SSSR count). The number of nitrogens with zero attached hydrogens (tertiary/aromatic N) is 2. The fourth-order valence-electron chi connectivity index (χ4n) is 4.83. The smallest absolute Gasteiger partial charge is 0.326 e. The number of carbonyl (C=O) groups excluding carboxylic acids is 3. The minimum absolute atomic E-state index is 0.0283. The Morgan fingerprint density at radius 3 is 2.24 bits per heavy atom. The number of phenols is 1. The van der Waals surface area contributed by atoms with E-state index in [1.54, 1.807) is 42.5 Å². The van der Waals surface area contributed by atoms with Gasteiger partial charge >= 0.3 is 5.97 Å². The van der Waals surface area contributed by atoms with E-state index in [0.29, 0.717) is 44.3 Å². The van der Waals surface area contributed by atoms with Gasteiger partial charge in [0.1, 0.15) is 23.9 Å². The summed E-state index contributed by atoms with van der Waals surface area (Å²) >= 11 is 0. The van der Waals surface area contributed by atoms with Crippen molar-refractivity contribution in [3.8, 4) is 5.75 Å². The summed E-state index contributed by atoms with van der Waals surface area (Å²) in [5.41, 5.74) is 18.1. The van der Waals surface area contributed by atoms with E-state index in [1.807, 2.05) is 0 Å². The fourth-order valence-corrected chi connectivity index (χ4v) is 4.83. The van der Waals surface area contributed by atoms with Crippen LogP contribution in [0.5, 0.6) is 5.75 Å². The monoisotopic (exact) mass is 581 g/mol. The minimum atomic E-state index is -1.24. The summed E-state index contributed by atoms with van der Waals surface area (Å²) < 4.78 is 0. The summed E-state index contributed by atoms with van der Waals surface area (Å²) in [6.45, 7) is 0.661. The Labute approximate surface area is 244 Å². The lowest BCUT2D eigenvalue weighted by atomic mass is 10.0. The molecule has 1 saturated heterocycles. The minimum Gasteiger partial charge on any atom is -0.508 e. The Hall–Kier alpha value is -4.65. The zero-order valence-corrected chi connectivity index (χ0v) is 23.3. The summed E-state index contributed by atoms with van der Waals surface area (Å²) in [5.74, 6) is -2.84. The molecule has 4 atom stereocenters. The number of nitrogens with two attached hydrogens (primary N) is 3. The second-order valence-electron chi connectivity index (χ2n) is 10.3. The molecule has 0 spiro atoms. The van der Waals surface area contributed by atoms with Gasteiger partial charge < -0.3 is 42.9 Å². The third kappa shape index (κ3) is 9.47. The predicted octanol–water partition coefficient (Wildman–Crippen LogP) is -0.396. The molecule has 3 amide bonds. The Bertz CT molecular complexity index is 1250. The summed E-state index contributed by atoms with van der Waals surface area (Å²) in [7, 11) is 0. The Morgan fingerprint density at radius 2 is 1.60 bits per heavy atom. The number of aliphatic imine (C=N–C) groups is 1. The van der Waals surface area contributed by atoms with E-state index in [-0.39, 0.29) is 30.5 Å². The van der Waals surface area contributed by atoms with Gasteiger partial charge in [0, 0.05) is 25.9 Å². The predicted molar refractivity (Wildman–Crippen MR) is 156 cm³/mol. The highest BCUT2D eigenvalue weighted by Gasteiger charge is 2.38. The van der Waals surface area contributed by atoms with Gasteiger partial charge in [0.15, 0.2) is 5.96 Å². The van der Waals surface area contributed by atoms with Gasteiger partial charge in [-0.05, 0) is 48.9 Å². The Balaban J connectivity index is 1.73. The van der Waals surface area contributed by atoms with E-state index in [4.69, 9.17) is 17.2 Å². The summed E-state index contributed by atoms with van der Waals surface area (Å²) in [6, 6.07) is 10.9. The van der Waals surface area contributed by atoms with Crippen molar-refractivity contribution in [2.45, 2.75) is 62.7 Å². The van der Waals surface area contributed by atoms with E-state index >= 15 is 0 Å². The number of aromatic hydroxyl groups is 1. The van der Waals surface area contributed by atoms with Crippen molar-refractivity contribution in [2.75, 3.05) is 13.1 Å². The normalized spacial score (nSPS) is 16.6. The van der Waals surface area contributed by atoms with Gasteiger partial charge in [0.25, 0.3) is 0 Å². The molecule has 0 aliphatic carbocycles. The van der Waals surface area contributed by atoms with Gasteiger partial charge in [-0.2, -0.15) is 0 Å². The van der Waals surface area contributed by atoms with Crippen molar-refractivity contribution < 1.29 is 29.4 Å². The average molecular weight is 582 g/mol. The molecule has 1 aliphatic rings. The summed E-state index contributed by atoms with van der Waals surface area (Å²) in [4.78, 5) is 57.3. The molecular formula is C29H39N7O6. The van der Waals surface area contributed by atoms with Crippen molar-refractivity contribution >= 4 is 29.7 Å². The first kappa shape index (κ1) is 31.9. The van der Waals surface area contributed by atoms with E-state index in [2.05, 4.69) is 15.6 Å². The van der Waals surface area contributed by atoms with Gasteiger partial charge in [-0.3, -0.25) is 19.4 Å². The second-order valence-corrected chi connectivity index (χ2v) is 10.3. The number of nitrogens with one attached hydrogen (secondary N) is 2. The zero-order valence-electron chi connectivity index (χ0n) is 23.3. The molecule has 1 aliphatic heterocycles. The molecule has 0 aromatic heterocycles. The lowest BCUT2D eigenvalue weighted by Gasteiger charge is -2.28. The van der Waals surface area contributed by atoms with Crippen LogP contribution < -0.4 is 27.8 Å². The van der Waals surface area contributed by atoms with E-state index < -0.39 is 42.0 Å². The standard InChI is InChI=1S/C29H39N7O6/c30-21(8-4-14-33-29(31)32)27(40)36-15-5-9-24(36)26(39)34-22(16-19-10-12-20(37)13-11-19)25(38)35-23(28(41)42)17-18-6-2-1-3-7-18/h1-3,6-7,10-13,21-24,37H,4-5,8-9,14-17,30H2,(H,34,39)(H,35,38)(H,41,42)(H4,31,32,33). The van der Waals surface area contributed by atoms with E-state index in [0.717, 1.165) is 5.56 Å². The Morgan fingerprint density at radius 1 is 0.952 bits per heavy atom. The number of carbonyl (C=O) groups is 4. The molecule has 13 heteroatoms. The van der Waals surface area contributed by atoms with Crippen LogP contribution in [0.3, 0.4) is 0 Å². The number of amides is 3. The first-order chi connectivity index (χ1) is 20.0. The SMILES string of the molecule is NC(N)=NCCCC(N)C(=O)N1CCCC1C(=O)NC(Cc1ccc(O)cc1)C(=O)NC(Cc1ccccc1)C(=O)O. The lowest BCUT2D eigenvalue weighted by Crippen LogP contribution is -2.57. The van der Waals surface area contributed by atoms with Crippen molar-refractivity contribution in [2.24, 2.45) is 22.2 Å². The number of phenolic OH excluding ortho intramolecular Hbond substituents is 1. The number of carboxylic acids is 1. The molecule has 0 saturated carbocycles. The third-order valence-corrected chi connectivity index (χ3v) is 7.03. The molecule has 1 heterocycles. The van der Waals surface area contributed by atoms with Gasteiger partial charge in [0.05, 0.1) is 6.04 Å². The van der Waals surface area contributed by atoms with Crippen LogP contribution in [0.4, 0.5) is 0 Å². The van der Waals surface area contributed by atoms with Gasteiger partial charge in [-0.15, -0.1) is 0 Å². The topological polar surface area (TPSA) is 226 Å². The van der Waals surface area contributed by atoms with Crippen molar-refractivity contribution in [1.82, 2.24) is 15.5 Å². The molecule has 2 aromatic carbocycles. The maximum absolute atomic E-state index is 13.5. The third-order valence-electron chi connectivity index (χ3n) is 7.03. The average Bonchev–Trinajstić information content (AvgIpc) is 3.46. The van der Waals surface area contributed by atoms with E-state index in [1.165, 1.54) is 17.0 Å². The van der Waals surface area contributed by atoms with Crippen LogP contribution in [0.2, 0.25) is 0 Å². The number of benzene rings is 2. The second kappa shape index (κ2) is 15.4. The van der Waals surface area contributed by atoms with Gasteiger partial charge in [0.2, 0.25) is 17.7 Å². The van der Waals surface area contributed by atoms with Crippen LogP contribution >= 0.6 is 0 Å². The number of carboxylic acid groups (broad SMARTS) is 1. The first-order valence-electron chi connectivity index (χ1n) is 13.8. The number of hydrogen-bond donors (Lipinski definition) is 7. The molecule has 226 valence electrons. The van der Waals surface area contributed by atoms with Crippen molar-refractivity contribution in [1.29, 1.82) is 0 Å². The van der Waals surface area contributed by atoms with Crippen LogP contribution in [0.1, 0.15) is 36.8 Å². The molecule has 13 nitrogen and oxygen atoms in total. The maximum Gasteiger partial charge on any atom is 0.326 e. The van der Waals surface area contributed by atoms with Gasteiger partial charge in [-0.1, -0.05) is 42.5 Å². The number of guanidine groups is 1. The van der Waals surface area contributed by atoms with Crippen LogP contribution in [0.25, 0.3) is 0 Å². The molecule has 42 heavy (non-hydrogen) atoms. The van der Waals surface area contributed by atoms with Crippen LogP contribution in [-0.4, -0.2) is 82.0 Å². The molecule has 0 radical (unpaired) electrons. The van der Waals surface area contributed by atoms with Crippen molar-refractivity contribution in [3.63, 3.8) is 0 Å². The zero-order chi connectivity index (χ0) is 30.6. The molecular weight excluding hydrogens is 542 g/mol. The maximum atomic E-state index is 13.5. The molecule has 0 bridgehead atoms. The number of hydrogen-bond acceptors (Lipinski definition) is 7. The summed E-state index contributed by atoms with van der Waals surface area (Å²) in [6.07, 6.45) is 1.85. The van der Waals surface area contributed by atoms with Crippen LogP contribution in [0.15, 0.2) is 59.6 Å². The fraction of sp³-hybridized carbons (Fsp3) is 0.414. The molecule has 1 fully saturated rings. The quantitative estimate of drug-likeness (QED) is 0.0874. The highest BCUT2D eigenvalue weighted by Crippen LogP contribution is 2.20. The molecule has 4 unspecified atom stereocenters. The lowest BCUT2D eigenvalue weighted by molar-refractivity contribution is -0.143. The summed E-state index contributed by atoms with van der Waals surface area (Å²) in [5, 5.41) is 24.7. The van der Waals surface area contributed by atoms with Crippen LogP contribution in [-0.2, 0) is 32.0 Å². The molecule has 2 aromatic rings. The number of likely N-dealkylation sites (tertiary alicyclic amines) is 1. The largest absolute Gasteiger partial charge is 0.508 e. The van der Waals surface area contributed by atoms with Crippen LogP contribution in [0, 0.1) is 0 Å². The Kier molecular flexibility index (Phi) is 11.7. The molecule has 10 N–H and O–H groups in total. The van der Waals surface area contributed by atoms with E-state index in [9.17, 15) is 29.4 Å². The van der Waals surface area contributed by atoms with Crippen molar-refractivity contribution in [3.05, 3.63) is 65.7 Å². The first-order valence-corrected chi connectivity index (χ1v) is 13.8. The highest BCUT2D eigenvalue weighted by molar-refractivity contribution is 5.94. The number of rotatable bonds is 14.